The van der Waals surface area contributed by atoms with Crippen molar-refractivity contribution in [3.05, 3.63) is 0 Å². The SMILES string of the molecule is C1CCC(NCCN2CCN(CC3CC3)CC2)CC1. The Bertz CT molecular complexity index is 251. The summed E-state index contributed by atoms with van der Waals surface area (Å²) < 4.78 is 0. The molecule has 1 aliphatic heterocycles. The van der Waals surface area contributed by atoms with Gasteiger partial charge in [0.05, 0.1) is 0 Å². The molecule has 0 radical (unpaired) electrons. The first kappa shape index (κ1) is 13.8. The standard InChI is InChI=1S/C16H31N3/c1-2-4-16(5-3-1)17-8-9-18-10-12-19(13-11-18)14-15-6-7-15/h15-17H,1-14H2. The summed E-state index contributed by atoms with van der Waals surface area (Å²) in [6.45, 7) is 9.03. The third kappa shape index (κ3) is 4.73. The van der Waals surface area contributed by atoms with Gasteiger partial charge in [0.15, 0.2) is 0 Å². The molecule has 0 amide bonds. The van der Waals surface area contributed by atoms with Crippen LogP contribution in [0.2, 0.25) is 0 Å². The van der Waals surface area contributed by atoms with Gasteiger partial charge in [0.1, 0.15) is 0 Å². The molecule has 3 nitrogen and oxygen atoms in total. The van der Waals surface area contributed by atoms with Gasteiger partial charge < -0.3 is 10.2 Å². The van der Waals surface area contributed by atoms with Gasteiger partial charge in [0.25, 0.3) is 0 Å². The van der Waals surface area contributed by atoms with E-state index in [1.54, 1.807) is 0 Å². The van der Waals surface area contributed by atoms with Crippen LogP contribution in [-0.2, 0) is 0 Å². The first-order chi connectivity index (χ1) is 9.40. The zero-order valence-electron chi connectivity index (χ0n) is 12.4. The van der Waals surface area contributed by atoms with Crippen LogP contribution in [0.4, 0.5) is 0 Å². The molecular formula is C16H31N3. The van der Waals surface area contributed by atoms with Crippen LogP contribution in [0.1, 0.15) is 44.9 Å². The molecule has 3 heteroatoms. The second-order valence-corrected chi connectivity index (χ2v) is 6.87. The van der Waals surface area contributed by atoms with Gasteiger partial charge in [0.2, 0.25) is 0 Å². The van der Waals surface area contributed by atoms with Crippen molar-refractivity contribution in [2.75, 3.05) is 45.8 Å². The molecule has 0 aromatic carbocycles. The summed E-state index contributed by atoms with van der Waals surface area (Å²) in [4.78, 5) is 5.34. The molecule has 0 unspecified atom stereocenters. The third-order valence-corrected chi connectivity index (χ3v) is 5.14. The van der Waals surface area contributed by atoms with Crippen LogP contribution >= 0.6 is 0 Å². The van der Waals surface area contributed by atoms with Gasteiger partial charge in [-0.1, -0.05) is 19.3 Å². The van der Waals surface area contributed by atoms with Crippen molar-refractivity contribution in [1.29, 1.82) is 0 Å². The highest BCUT2D eigenvalue weighted by molar-refractivity contribution is 4.81. The normalized spacial score (nSPS) is 27.8. The van der Waals surface area contributed by atoms with E-state index < -0.39 is 0 Å². The van der Waals surface area contributed by atoms with Gasteiger partial charge in [-0.2, -0.15) is 0 Å². The van der Waals surface area contributed by atoms with Crippen LogP contribution in [-0.4, -0.2) is 61.7 Å². The van der Waals surface area contributed by atoms with Crippen molar-refractivity contribution in [1.82, 2.24) is 15.1 Å². The van der Waals surface area contributed by atoms with Crippen LogP contribution in [0.5, 0.6) is 0 Å². The fraction of sp³-hybridized carbons (Fsp3) is 1.00. The Labute approximate surface area is 118 Å². The monoisotopic (exact) mass is 265 g/mol. The fourth-order valence-electron chi connectivity index (χ4n) is 3.59. The molecular weight excluding hydrogens is 234 g/mol. The van der Waals surface area contributed by atoms with Gasteiger partial charge >= 0.3 is 0 Å². The van der Waals surface area contributed by atoms with Gasteiger partial charge in [-0.15, -0.1) is 0 Å². The highest BCUT2D eigenvalue weighted by Gasteiger charge is 2.26. The second-order valence-electron chi connectivity index (χ2n) is 6.87. The molecule has 2 aliphatic carbocycles. The Morgan fingerprint density at radius 3 is 2.16 bits per heavy atom. The summed E-state index contributed by atoms with van der Waals surface area (Å²) in [6, 6.07) is 0.824. The highest BCUT2D eigenvalue weighted by Crippen LogP contribution is 2.29. The number of piperazine rings is 1. The average molecular weight is 265 g/mol. The number of hydrogen-bond acceptors (Lipinski definition) is 3. The van der Waals surface area contributed by atoms with E-state index in [1.807, 2.05) is 0 Å². The van der Waals surface area contributed by atoms with Crippen molar-refractivity contribution in [3.8, 4) is 0 Å². The lowest BCUT2D eigenvalue weighted by Gasteiger charge is -2.35. The van der Waals surface area contributed by atoms with Crippen LogP contribution in [0.15, 0.2) is 0 Å². The van der Waals surface area contributed by atoms with E-state index in [0.717, 1.165) is 12.0 Å². The van der Waals surface area contributed by atoms with Gasteiger partial charge in [-0.25, -0.2) is 0 Å². The molecule has 19 heavy (non-hydrogen) atoms. The Morgan fingerprint density at radius 2 is 1.47 bits per heavy atom. The second kappa shape index (κ2) is 7.05. The maximum absolute atomic E-state index is 3.77. The molecule has 3 fully saturated rings. The summed E-state index contributed by atoms with van der Waals surface area (Å²) in [5, 5.41) is 3.77. The van der Waals surface area contributed by atoms with Crippen LogP contribution in [0.3, 0.4) is 0 Å². The lowest BCUT2D eigenvalue weighted by Crippen LogP contribution is -2.49. The topological polar surface area (TPSA) is 18.5 Å². The minimum absolute atomic E-state index is 0.824. The van der Waals surface area contributed by atoms with Crippen LogP contribution in [0, 0.1) is 5.92 Å². The summed E-state index contributed by atoms with van der Waals surface area (Å²) in [7, 11) is 0. The van der Waals surface area contributed by atoms with Gasteiger partial charge in [-0.05, 0) is 31.6 Å². The maximum atomic E-state index is 3.77. The fourth-order valence-corrected chi connectivity index (χ4v) is 3.59. The number of nitrogens with zero attached hydrogens (tertiary/aromatic N) is 2. The molecule has 1 saturated heterocycles. The summed E-state index contributed by atoms with van der Waals surface area (Å²) in [5.41, 5.74) is 0. The predicted molar refractivity (Wildman–Crippen MR) is 80.5 cm³/mol. The van der Waals surface area contributed by atoms with E-state index in [1.165, 1.54) is 90.8 Å². The molecule has 0 atom stereocenters. The molecule has 0 aromatic rings. The van der Waals surface area contributed by atoms with Gasteiger partial charge in [0, 0.05) is 51.9 Å². The lowest BCUT2D eigenvalue weighted by atomic mass is 9.95. The summed E-state index contributed by atoms with van der Waals surface area (Å²) >= 11 is 0. The Kier molecular flexibility index (Phi) is 5.14. The smallest absolute Gasteiger partial charge is 0.0110 e. The minimum Gasteiger partial charge on any atom is -0.313 e. The first-order valence-electron chi connectivity index (χ1n) is 8.58. The lowest BCUT2D eigenvalue weighted by molar-refractivity contribution is 0.128. The summed E-state index contributed by atoms with van der Waals surface area (Å²) in [6.07, 6.45) is 10.2. The van der Waals surface area contributed by atoms with Crippen molar-refractivity contribution in [3.63, 3.8) is 0 Å². The molecule has 0 aromatic heterocycles. The summed E-state index contributed by atoms with van der Waals surface area (Å²) in [5.74, 6) is 1.06. The van der Waals surface area contributed by atoms with E-state index in [0.29, 0.717) is 0 Å². The number of rotatable bonds is 6. The molecule has 2 saturated carbocycles. The quantitative estimate of drug-likeness (QED) is 0.792. The third-order valence-electron chi connectivity index (χ3n) is 5.14. The Balaban J connectivity index is 1.25. The van der Waals surface area contributed by atoms with E-state index in [9.17, 15) is 0 Å². The Hall–Kier alpha value is -0.120. The van der Waals surface area contributed by atoms with E-state index in [2.05, 4.69) is 15.1 Å². The molecule has 0 bridgehead atoms. The van der Waals surface area contributed by atoms with E-state index >= 15 is 0 Å². The molecule has 1 heterocycles. The van der Waals surface area contributed by atoms with Crippen molar-refractivity contribution < 1.29 is 0 Å². The molecule has 3 rings (SSSR count). The van der Waals surface area contributed by atoms with E-state index in [4.69, 9.17) is 0 Å². The molecule has 110 valence electrons. The highest BCUT2D eigenvalue weighted by atomic mass is 15.3. The van der Waals surface area contributed by atoms with Gasteiger partial charge in [-0.3, -0.25) is 4.90 Å². The zero-order chi connectivity index (χ0) is 12.9. The largest absolute Gasteiger partial charge is 0.313 e. The average Bonchev–Trinajstić information content (AvgIpc) is 3.26. The van der Waals surface area contributed by atoms with Crippen LogP contribution in [0.25, 0.3) is 0 Å². The Morgan fingerprint density at radius 1 is 0.789 bits per heavy atom. The van der Waals surface area contributed by atoms with Crippen molar-refractivity contribution >= 4 is 0 Å². The zero-order valence-corrected chi connectivity index (χ0v) is 12.4. The van der Waals surface area contributed by atoms with Crippen LogP contribution < -0.4 is 5.32 Å². The van der Waals surface area contributed by atoms with Crippen molar-refractivity contribution in [2.45, 2.75) is 51.0 Å². The number of nitrogens with one attached hydrogen (secondary N) is 1. The molecule has 3 aliphatic rings. The van der Waals surface area contributed by atoms with E-state index in [-0.39, 0.29) is 0 Å². The maximum Gasteiger partial charge on any atom is 0.0110 e. The number of hydrogen-bond donors (Lipinski definition) is 1. The molecule has 0 spiro atoms. The first-order valence-corrected chi connectivity index (χ1v) is 8.58. The van der Waals surface area contributed by atoms with Crippen molar-refractivity contribution in [2.24, 2.45) is 5.92 Å². The molecule has 1 N–H and O–H groups in total. The predicted octanol–water partition coefficient (Wildman–Crippen LogP) is 1.94. The minimum atomic E-state index is 0.824.